The van der Waals surface area contributed by atoms with Gasteiger partial charge >= 0.3 is 0 Å². The van der Waals surface area contributed by atoms with E-state index in [1.165, 1.54) is 6.92 Å². The summed E-state index contributed by atoms with van der Waals surface area (Å²) in [6.45, 7) is 6.18. The molecule has 0 aromatic heterocycles. The van der Waals surface area contributed by atoms with Crippen LogP contribution >= 0.6 is 0 Å². The Bertz CT molecular complexity index is 551. The van der Waals surface area contributed by atoms with E-state index in [4.69, 9.17) is 9.47 Å². The van der Waals surface area contributed by atoms with Crippen molar-refractivity contribution < 1.29 is 19.4 Å². The molecule has 0 saturated carbocycles. The normalized spacial score (nSPS) is 32.4. The second kappa shape index (κ2) is 3.97. The molecule has 0 spiro atoms. The zero-order valence-corrected chi connectivity index (χ0v) is 11.4. The van der Waals surface area contributed by atoms with E-state index in [1.807, 2.05) is 6.92 Å². The number of aromatic hydroxyl groups is 1. The summed E-state index contributed by atoms with van der Waals surface area (Å²) < 4.78 is 11.7. The summed E-state index contributed by atoms with van der Waals surface area (Å²) in [5.41, 5.74) is 1.09. The number of carbonyl (C=O) groups excluding carboxylic acids is 1. The number of ether oxygens (including phenoxy) is 2. The molecule has 1 N–H and O–H groups in total. The molecule has 1 aromatic rings. The third-order valence-corrected chi connectivity index (χ3v) is 4.35. The Morgan fingerprint density at radius 3 is 2.89 bits per heavy atom. The zero-order valence-electron chi connectivity index (χ0n) is 11.4. The van der Waals surface area contributed by atoms with Crippen LogP contribution in [0.3, 0.4) is 0 Å². The maximum absolute atomic E-state index is 11.5. The first-order valence-corrected chi connectivity index (χ1v) is 6.61. The summed E-state index contributed by atoms with van der Waals surface area (Å²) >= 11 is 0. The first-order chi connectivity index (χ1) is 8.92. The molecule has 4 nitrogen and oxygen atoms in total. The van der Waals surface area contributed by atoms with Gasteiger partial charge in [0, 0.05) is 18.4 Å². The van der Waals surface area contributed by atoms with Crippen molar-refractivity contribution in [1.82, 2.24) is 0 Å². The van der Waals surface area contributed by atoms with Crippen molar-refractivity contribution in [3.63, 3.8) is 0 Å². The van der Waals surface area contributed by atoms with Crippen LogP contribution in [0.2, 0.25) is 0 Å². The van der Waals surface area contributed by atoms with Gasteiger partial charge in [0.2, 0.25) is 5.79 Å². The standard InChI is InChI=1S/C15H18O4/c1-8-7-18-15(3)12(8)6-11-13(19-15)5-4-10(9(2)16)14(11)17/h4-5,8,12,17H,6-7H2,1-3H3. The van der Waals surface area contributed by atoms with E-state index in [0.29, 0.717) is 30.3 Å². The molecule has 0 amide bonds. The minimum Gasteiger partial charge on any atom is -0.507 e. The summed E-state index contributed by atoms with van der Waals surface area (Å²) in [5, 5.41) is 10.3. The van der Waals surface area contributed by atoms with Gasteiger partial charge < -0.3 is 14.6 Å². The molecule has 19 heavy (non-hydrogen) atoms. The van der Waals surface area contributed by atoms with Crippen molar-refractivity contribution in [3.05, 3.63) is 23.3 Å². The minimum atomic E-state index is -0.614. The minimum absolute atomic E-state index is 0.0613. The number of hydrogen-bond acceptors (Lipinski definition) is 4. The van der Waals surface area contributed by atoms with E-state index in [2.05, 4.69) is 6.92 Å². The van der Waals surface area contributed by atoms with Gasteiger partial charge in [-0.05, 0) is 31.4 Å². The maximum Gasteiger partial charge on any atom is 0.211 e. The molecule has 0 bridgehead atoms. The Kier molecular flexibility index (Phi) is 2.61. The predicted molar refractivity (Wildman–Crippen MR) is 69.5 cm³/mol. The van der Waals surface area contributed by atoms with Crippen LogP contribution in [-0.2, 0) is 11.2 Å². The molecule has 3 atom stereocenters. The number of benzene rings is 1. The van der Waals surface area contributed by atoms with Crippen LogP contribution in [0.15, 0.2) is 12.1 Å². The fourth-order valence-corrected chi connectivity index (χ4v) is 3.16. The molecule has 2 heterocycles. The Hall–Kier alpha value is -1.55. The number of fused-ring (bicyclic) bond motifs is 2. The van der Waals surface area contributed by atoms with Crippen molar-refractivity contribution >= 4 is 5.78 Å². The van der Waals surface area contributed by atoms with Gasteiger partial charge in [0.05, 0.1) is 12.2 Å². The van der Waals surface area contributed by atoms with Crippen molar-refractivity contribution in [3.8, 4) is 11.5 Å². The van der Waals surface area contributed by atoms with Gasteiger partial charge in [0.1, 0.15) is 11.5 Å². The summed E-state index contributed by atoms with van der Waals surface area (Å²) in [5.74, 6) is 0.508. The fourth-order valence-electron chi connectivity index (χ4n) is 3.16. The van der Waals surface area contributed by atoms with Gasteiger partial charge in [0.25, 0.3) is 0 Å². The number of hydrogen-bond donors (Lipinski definition) is 1. The predicted octanol–water partition coefficient (Wildman–Crippen LogP) is 2.53. The molecule has 3 unspecified atom stereocenters. The largest absolute Gasteiger partial charge is 0.507 e. The van der Waals surface area contributed by atoms with Crippen molar-refractivity contribution in [2.75, 3.05) is 6.61 Å². The molecule has 2 aliphatic rings. The first-order valence-electron chi connectivity index (χ1n) is 6.61. The van der Waals surface area contributed by atoms with Crippen LogP contribution in [0.1, 0.15) is 36.7 Å². The Morgan fingerprint density at radius 1 is 1.47 bits per heavy atom. The number of ketones is 1. The second-order valence-electron chi connectivity index (χ2n) is 5.71. The lowest BCUT2D eigenvalue weighted by Gasteiger charge is -2.38. The molecule has 102 valence electrons. The average Bonchev–Trinajstić information content (AvgIpc) is 2.63. The average molecular weight is 262 g/mol. The molecule has 0 aliphatic carbocycles. The molecule has 3 rings (SSSR count). The van der Waals surface area contributed by atoms with Crippen LogP contribution < -0.4 is 4.74 Å². The number of Topliss-reactive ketones (excluding diaryl/α,β-unsaturated/α-hetero) is 1. The van der Waals surface area contributed by atoms with Crippen molar-refractivity contribution in [2.24, 2.45) is 11.8 Å². The lowest BCUT2D eigenvalue weighted by molar-refractivity contribution is -0.166. The molecule has 1 saturated heterocycles. The van der Waals surface area contributed by atoms with E-state index in [1.54, 1.807) is 12.1 Å². The van der Waals surface area contributed by atoms with E-state index in [0.717, 1.165) is 5.56 Å². The summed E-state index contributed by atoms with van der Waals surface area (Å²) in [6.07, 6.45) is 0.681. The third kappa shape index (κ3) is 1.74. The highest BCUT2D eigenvalue weighted by atomic mass is 16.7. The summed E-state index contributed by atoms with van der Waals surface area (Å²) in [4.78, 5) is 11.5. The number of carbonyl (C=O) groups is 1. The zero-order chi connectivity index (χ0) is 13.8. The van der Waals surface area contributed by atoms with Gasteiger partial charge in [-0.3, -0.25) is 4.79 Å². The van der Waals surface area contributed by atoms with Crippen LogP contribution in [0.5, 0.6) is 11.5 Å². The third-order valence-electron chi connectivity index (χ3n) is 4.35. The van der Waals surface area contributed by atoms with Gasteiger partial charge in [-0.2, -0.15) is 0 Å². The van der Waals surface area contributed by atoms with Gasteiger partial charge in [-0.1, -0.05) is 6.92 Å². The van der Waals surface area contributed by atoms with Crippen LogP contribution in [0, 0.1) is 11.8 Å². The number of phenols is 1. The number of phenolic OH excluding ortho intramolecular Hbond substituents is 1. The molecular weight excluding hydrogens is 244 g/mol. The van der Waals surface area contributed by atoms with Crippen molar-refractivity contribution in [1.29, 1.82) is 0 Å². The molecule has 4 heteroatoms. The Morgan fingerprint density at radius 2 is 2.21 bits per heavy atom. The van der Waals surface area contributed by atoms with E-state index in [-0.39, 0.29) is 17.5 Å². The lowest BCUT2D eigenvalue weighted by atomic mass is 9.81. The molecular formula is C15H18O4. The SMILES string of the molecule is CC(=O)c1ccc2c(c1O)CC1C(C)COC1(C)O2. The lowest BCUT2D eigenvalue weighted by Crippen LogP contribution is -2.43. The first kappa shape index (κ1) is 12.5. The van der Waals surface area contributed by atoms with Gasteiger partial charge in [0.15, 0.2) is 5.78 Å². The van der Waals surface area contributed by atoms with E-state index in [9.17, 15) is 9.90 Å². The van der Waals surface area contributed by atoms with Crippen LogP contribution in [0.4, 0.5) is 0 Å². The second-order valence-corrected chi connectivity index (χ2v) is 5.71. The molecule has 1 fully saturated rings. The van der Waals surface area contributed by atoms with Crippen LogP contribution in [-0.4, -0.2) is 23.3 Å². The van der Waals surface area contributed by atoms with E-state index < -0.39 is 5.79 Å². The van der Waals surface area contributed by atoms with E-state index >= 15 is 0 Å². The monoisotopic (exact) mass is 262 g/mol. The highest BCUT2D eigenvalue weighted by Crippen LogP contribution is 2.48. The molecule has 0 radical (unpaired) electrons. The Labute approximate surface area is 112 Å². The quantitative estimate of drug-likeness (QED) is 0.790. The van der Waals surface area contributed by atoms with Gasteiger partial charge in [-0.15, -0.1) is 0 Å². The molecule has 2 aliphatic heterocycles. The number of rotatable bonds is 1. The topological polar surface area (TPSA) is 55.8 Å². The fraction of sp³-hybridized carbons (Fsp3) is 0.533. The van der Waals surface area contributed by atoms with Crippen molar-refractivity contribution in [2.45, 2.75) is 33.0 Å². The summed E-state index contributed by atoms with van der Waals surface area (Å²) in [7, 11) is 0. The van der Waals surface area contributed by atoms with Crippen LogP contribution in [0.25, 0.3) is 0 Å². The Balaban J connectivity index is 2.08. The molecule has 1 aromatic carbocycles. The summed E-state index contributed by atoms with van der Waals surface area (Å²) in [6, 6.07) is 3.36. The van der Waals surface area contributed by atoms with Gasteiger partial charge in [-0.25, -0.2) is 0 Å². The smallest absolute Gasteiger partial charge is 0.211 e. The highest BCUT2D eigenvalue weighted by molar-refractivity contribution is 5.97. The maximum atomic E-state index is 11.5. The highest BCUT2D eigenvalue weighted by Gasteiger charge is 2.50.